The highest BCUT2D eigenvalue weighted by molar-refractivity contribution is 6.33. The molecule has 1 aliphatic heterocycles. The first-order valence-corrected chi connectivity index (χ1v) is 11.2. The van der Waals surface area contributed by atoms with Gasteiger partial charge in [0.25, 0.3) is 5.91 Å². The van der Waals surface area contributed by atoms with Crippen molar-refractivity contribution in [2.24, 2.45) is 0 Å². The lowest BCUT2D eigenvalue weighted by atomic mass is 10.0. The summed E-state index contributed by atoms with van der Waals surface area (Å²) in [5.74, 6) is -0.134. The molecule has 1 fully saturated rings. The Morgan fingerprint density at radius 1 is 1.03 bits per heavy atom. The van der Waals surface area contributed by atoms with Crippen LogP contribution in [0.2, 0.25) is 5.02 Å². The van der Waals surface area contributed by atoms with E-state index >= 15 is 0 Å². The maximum atomic E-state index is 13.0. The average Bonchev–Trinajstić information content (AvgIpc) is 3.26. The molecule has 1 N–H and O–H groups in total. The van der Waals surface area contributed by atoms with Crippen molar-refractivity contribution in [2.45, 2.75) is 25.4 Å². The van der Waals surface area contributed by atoms with Gasteiger partial charge in [-0.05, 0) is 30.5 Å². The van der Waals surface area contributed by atoms with Crippen molar-refractivity contribution in [3.63, 3.8) is 0 Å². The summed E-state index contributed by atoms with van der Waals surface area (Å²) in [5, 5.41) is 8.25. The van der Waals surface area contributed by atoms with Crippen LogP contribution in [0.15, 0.2) is 73.1 Å². The van der Waals surface area contributed by atoms with Crippen molar-refractivity contribution in [3.8, 4) is 11.3 Å². The van der Waals surface area contributed by atoms with E-state index in [2.05, 4.69) is 44.6 Å². The first kappa shape index (κ1) is 20.7. The van der Waals surface area contributed by atoms with Crippen LogP contribution in [-0.2, 0) is 6.54 Å². The molecule has 0 unspecified atom stereocenters. The maximum absolute atomic E-state index is 13.0. The Morgan fingerprint density at radius 2 is 1.78 bits per heavy atom. The summed E-state index contributed by atoms with van der Waals surface area (Å²) >= 11 is 6.38. The molecule has 0 bridgehead atoms. The van der Waals surface area contributed by atoms with E-state index in [0.717, 1.165) is 43.7 Å². The normalized spacial score (nSPS) is 15.2. The van der Waals surface area contributed by atoms with E-state index < -0.39 is 0 Å². The first-order valence-electron chi connectivity index (χ1n) is 10.8. The van der Waals surface area contributed by atoms with E-state index in [0.29, 0.717) is 16.2 Å². The van der Waals surface area contributed by atoms with Crippen molar-refractivity contribution in [1.82, 2.24) is 24.8 Å². The fraction of sp³-hybridized carbons (Fsp3) is 0.240. The number of benzene rings is 2. The van der Waals surface area contributed by atoms with Gasteiger partial charge in [0.1, 0.15) is 5.56 Å². The van der Waals surface area contributed by atoms with Crippen LogP contribution < -0.4 is 5.32 Å². The molecule has 7 heteroatoms. The summed E-state index contributed by atoms with van der Waals surface area (Å²) in [4.78, 5) is 19.9. The van der Waals surface area contributed by atoms with Crippen molar-refractivity contribution in [1.29, 1.82) is 0 Å². The van der Waals surface area contributed by atoms with Crippen LogP contribution in [0.3, 0.4) is 0 Å². The number of likely N-dealkylation sites (tertiary alicyclic amines) is 1. The summed E-state index contributed by atoms with van der Waals surface area (Å²) in [6.07, 6.45) is 5.13. The Labute approximate surface area is 191 Å². The van der Waals surface area contributed by atoms with Gasteiger partial charge in [-0.15, -0.1) is 0 Å². The number of hydrogen-bond acceptors (Lipinski definition) is 4. The molecule has 3 heterocycles. The van der Waals surface area contributed by atoms with Gasteiger partial charge in [-0.2, -0.15) is 5.10 Å². The number of piperidine rings is 1. The van der Waals surface area contributed by atoms with E-state index in [1.807, 2.05) is 36.4 Å². The molecule has 2 aromatic heterocycles. The number of carbonyl (C=O) groups excluding carboxylic acids is 1. The molecule has 2 aromatic carbocycles. The van der Waals surface area contributed by atoms with Gasteiger partial charge in [0.2, 0.25) is 0 Å². The van der Waals surface area contributed by atoms with Gasteiger partial charge < -0.3 is 5.32 Å². The standard InChI is InChI=1S/C25H24ClN5O/c26-22-9-5-4-8-20(22)23-10-13-27-24-21(16-28-31(23)24)25(32)29-19-11-14-30(15-12-19)17-18-6-2-1-3-7-18/h1-10,13,16,19H,11-12,14-15,17H2,(H,29,32). The minimum Gasteiger partial charge on any atom is -0.349 e. The van der Waals surface area contributed by atoms with Gasteiger partial charge in [0, 0.05) is 42.5 Å². The molecule has 0 radical (unpaired) electrons. The van der Waals surface area contributed by atoms with E-state index in [4.69, 9.17) is 11.6 Å². The summed E-state index contributed by atoms with van der Waals surface area (Å²) in [6.45, 7) is 2.87. The first-order chi connectivity index (χ1) is 15.7. The second-order valence-electron chi connectivity index (χ2n) is 8.11. The average molecular weight is 446 g/mol. The van der Waals surface area contributed by atoms with Gasteiger partial charge in [0.15, 0.2) is 5.65 Å². The van der Waals surface area contributed by atoms with Gasteiger partial charge in [-0.3, -0.25) is 9.69 Å². The number of hydrogen-bond donors (Lipinski definition) is 1. The Kier molecular flexibility index (Phi) is 5.88. The van der Waals surface area contributed by atoms with Crippen LogP contribution in [0, 0.1) is 0 Å². The quantitative estimate of drug-likeness (QED) is 0.493. The zero-order valence-corrected chi connectivity index (χ0v) is 18.4. The van der Waals surface area contributed by atoms with Gasteiger partial charge in [0.05, 0.1) is 11.9 Å². The van der Waals surface area contributed by atoms with Crippen LogP contribution >= 0.6 is 11.6 Å². The third kappa shape index (κ3) is 4.24. The number of fused-ring (bicyclic) bond motifs is 1. The third-order valence-electron chi connectivity index (χ3n) is 5.97. The van der Waals surface area contributed by atoms with Crippen molar-refractivity contribution >= 4 is 23.2 Å². The lowest BCUT2D eigenvalue weighted by Crippen LogP contribution is -2.44. The molecule has 0 atom stereocenters. The molecule has 6 nitrogen and oxygen atoms in total. The number of halogens is 1. The second kappa shape index (κ2) is 9.10. The summed E-state index contributed by atoms with van der Waals surface area (Å²) < 4.78 is 1.68. The largest absolute Gasteiger partial charge is 0.349 e. The smallest absolute Gasteiger partial charge is 0.256 e. The Hall–Kier alpha value is -3.22. The van der Waals surface area contributed by atoms with Gasteiger partial charge in [-0.25, -0.2) is 9.50 Å². The molecule has 0 saturated carbocycles. The molecule has 1 amide bonds. The molecule has 1 aliphatic rings. The molecule has 5 rings (SSSR count). The predicted octanol–water partition coefficient (Wildman–Crippen LogP) is 4.44. The lowest BCUT2D eigenvalue weighted by molar-refractivity contribution is 0.0910. The number of nitrogens with zero attached hydrogens (tertiary/aromatic N) is 4. The lowest BCUT2D eigenvalue weighted by Gasteiger charge is -2.32. The molecule has 0 spiro atoms. The molecular weight excluding hydrogens is 422 g/mol. The summed E-state index contributed by atoms with van der Waals surface area (Å²) in [5.41, 5.74) is 3.98. The van der Waals surface area contributed by atoms with Crippen LogP contribution in [0.1, 0.15) is 28.8 Å². The fourth-order valence-electron chi connectivity index (χ4n) is 4.26. The highest BCUT2D eigenvalue weighted by atomic mass is 35.5. The van der Waals surface area contributed by atoms with E-state index in [-0.39, 0.29) is 11.9 Å². The van der Waals surface area contributed by atoms with E-state index in [1.165, 1.54) is 5.56 Å². The highest BCUT2D eigenvalue weighted by Crippen LogP contribution is 2.28. The zero-order chi connectivity index (χ0) is 21.9. The molecule has 1 saturated heterocycles. The van der Waals surface area contributed by atoms with Crippen LogP contribution in [0.5, 0.6) is 0 Å². The number of carbonyl (C=O) groups is 1. The molecule has 32 heavy (non-hydrogen) atoms. The molecule has 4 aromatic rings. The minimum atomic E-state index is -0.134. The highest BCUT2D eigenvalue weighted by Gasteiger charge is 2.23. The summed E-state index contributed by atoms with van der Waals surface area (Å²) in [6, 6.07) is 20.1. The zero-order valence-electron chi connectivity index (χ0n) is 17.6. The molecule has 0 aliphatic carbocycles. The van der Waals surface area contributed by atoms with Crippen LogP contribution in [0.4, 0.5) is 0 Å². The van der Waals surface area contributed by atoms with Crippen molar-refractivity contribution in [3.05, 3.63) is 89.2 Å². The van der Waals surface area contributed by atoms with E-state index in [9.17, 15) is 4.79 Å². The minimum absolute atomic E-state index is 0.134. The number of aromatic nitrogens is 3. The topological polar surface area (TPSA) is 62.5 Å². The Morgan fingerprint density at radius 3 is 2.56 bits per heavy atom. The van der Waals surface area contributed by atoms with Crippen molar-refractivity contribution < 1.29 is 4.79 Å². The monoisotopic (exact) mass is 445 g/mol. The second-order valence-corrected chi connectivity index (χ2v) is 8.52. The number of nitrogens with one attached hydrogen (secondary N) is 1. The SMILES string of the molecule is O=C(NC1CCN(Cc2ccccc2)CC1)c1cnn2c(-c3ccccc3Cl)ccnc12. The van der Waals surface area contributed by atoms with Gasteiger partial charge in [-0.1, -0.05) is 60.1 Å². The van der Waals surface area contributed by atoms with Crippen LogP contribution in [-0.4, -0.2) is 44.5 Å². The third-order valence-corrected chi connectivity index (χ3v) is 6.30. The Balaban J connectivity index is 1.27. The molecule has 162 valence electrons. The summed E-state index contributed by atoms with van der Waals surface area (Å²) in [7, 11) is 0. The van der Waals surface area contributed by atoms with Gasteiger partial charge >= 0.3 is 0 Å². The maximum Gasteiger partial charge on any atom is 0.256 e. The van der Waals surface area contributed by atoms with E-state index in [1.54, 1.807) is 16.9 Å². The number of rotatable bonds is 5. The number of amides is 1. The fourth-order valence-corrected chi connectivity index (χ4v) is 4.50. The van der Waals surface area contributed by atoms with Crippen LogP contribution in [0.25, 0.3) is 16.9 Å². The molecular formula is C25H24ClN5O. The predicted molar refractivity (Wildman–Crippen MR) is 126 cm³/mol. The van der Waals surface area contributed by atoms with Crippen molar-refractivity contribution in [2.75, 3.05) is 13.1 Å². The Bertz CT molecular complexity index is 1230.